The minimum Gasteiger partial charge on any atom is -0.496 e. The van der Waals surface area contributed by atoms with Crippen molar-refractivity contribution in [1.29, 1.82) is 0 Å². The summed E-state index contributed by atoms with van der Waals surface area (Å²) in [6, 6.07) is 14.8. The van der Waals surface area contributed by atoms with Gasteiger partial charge in [0.15, 0.2) is 11.5 Å². The van der Waals surface area contributed by atoms with Crippen LogP contribution in [0, 0.1) is 5.92 Å². The molecule has 1 unspecified atom stereocenters. The van der Waals surface area contributed by atoms with Crippen molar-refractivity contribution >= 4 is 26.7 Å². The predicted octanol–water partition coefficient (Wildman–Crippen LogP) is 3.48. The molecule has 34 heavy (non-hydrogen) atoms. The first-order valence-corrected chi connectivity index (χ1v) is 12.3. The molecule has 3 aromatic rings. The average Bonchev–Trinajstić information content (AvgIpc) is 2.84. The van der Waals surface area contributed by atoms with E-state index < -0.39 is 22.0 Å². The molecule has 0 saturated carbocycles. The maximum atomic E-state index is 13.1. The van der Waals surface area contributed by atoms with Crippen molar-refractivity contribution in [2.24, 2.45) is 5.92 Å². The fraction of sp³-hybridized carbons (Fsp3) is 0.320. The van der Waals surface area contributed by atoms with E-state index in [1.807, 2.05) is 24.3 Å². The second-order valence-corrected chi connectivity index (χ2v) is 9.80. The molecule has 0 radical (unpaired) electrons. The Morgan fingerprint density at radius 1 is 0.853 bits per heavy atom. The van der Waals surface area contributed by atoms with E-state index in [0.29, 0.717) is 22.8 Å². The van der Waals surface area contributed by atoms with Gasteiger partial charge in [0.1, 0.15) is 11.8 Å². The topological polar surface area (TPSA) is 103 Å². The van der Waals surface area contributed by atoms with Crippen LogP contribution < -0.4 is 24.2 Å². The molecule has 1 atom stereocenters. The van der Waals surface area contributed by atoms with E-state index >= 15 is 0 Å². The van der Waals surface area contributed by atoms with E-state index in [0.717, 1.165) is 10.8 Å². The smallest absolute Gasteiger partial charge is 0.241 e. The quantitative estimate of drug-likeness (QED) is 0.455. The van der Waals surface area contributed by atoms with Crippen LogP contribution in [0.1, 0.15) is 19.4 Å². The normalized spacial score (nSPS) is 12.4. The molecular formula is C25H30N2O6S. The molecule has 0 aromatic heterocycles. The van der Waals surface area contributed by atoms with E-state index in [9.17, 15) is 13.2 Å². The molecule has 8 nitrogen and oxygen atoms in total. The SMILES string of the molecule is COc1cc(OC)c(OC)cc1CNC(=O)C(NS(=O)(=O)c1ccc2ccccc2c1)C(C)C. The third kappa shape index (κ3) is 5.60. The Hall–Kier alpha value is -3.30. The van der Waals surface area contributed by atoms with E-state index in [2.05, 4.69) is 10.0 Å². The second-order valence-electron chi connectivity index (χ2n) is 8.09. The molecule has 0 aliphatic rings. The van der Waals surface area contributed by atoms with Gasteiger partial charge >= 0.3 is 0 Å². The van der Waals surface area contributed by atoms with Gasteiger partial charge in [0.25, 0.3) is 0 Å². The summed E-state index contributed by atoms with van der Waals surface area (Å²) < 4.78 is 44.7. The number of rotatable bonds is 10. The first-order valence-electron chi connectivity index (χ1n) is 10.8. The van der Waals surface area contributed by atoms with Crippen molar-refractivity contribution in [3.8, 4) is 17.2 Å². The minimum atomic E-state index is -3.93. The van der Waals surface area contributed by atoms with Crippen molar-refractivity contribution in [2.45, 2.75) is 31.3 Å². The summed E-state index contributed by atoms with van der Waals surface area (Å²) in [4.78, 5) is 13.1. The zero-order chi connectivity index (χ0) is 24.9. The number of nitrogens with one attached hydrogen (secondary N) is 2. The third-order valence-electron chi connectivity index (χ3n) is 5.50. The number of sulfonamides is 1. The van der Waals surface area contributed by atoms with Gasteiger partial charge in [-0.15, -0.1) is 0 Å². The highest BCUT2D eigenvalue weighted by atomic mass is 32.2. The zero-order valence-electron chi connectivity index (χ0n) is 19.9. The van der Waals surface area contributed by atoms with Crippen LogP contribution in [0.25, 0.3) is 10.8 Å². The van der Waals surface area contributed by atoms with Gasteiger partial charge in [0.2, 0.25) is 15.9 Å². The van der Waals surface area contributed by atoms with Crippen molar-refractivity contribution in [3.05, 3.63) is 60.2 Å². The number of methoxy groups -OCH3 is 3. The van der Waals surface area contributed by atoms with E-state index in [-0.39, 0.29) is 17.4 Å². The van der Waals surface area contributed by atoms with Gasteiger partial charge < -0.3 is 19.5 Å². The Morgan fingerprint density at radius 3 is 2.09 bits per heavy atom. The lowest BCUT2D eigenvalue weighted by Gasteiger charge is -2.22. The zero-order valence-corrected chi connectivity index (χ0v) is 20.7. The lowest BCUT2D eigenvalue weighted by Crippen LogP contribution is -2.49. The summed E-state index contributed by atoms with van der Waals surface area (Å²) in [6.45, 7) is 3.68. The first-order chi connectivity index (χ1) is 16.2. The van der Waals surface area contributed by atoms with Gasteiger partial charge in [-0.05, 0) is 34.9 Å². The van der Waals surface area contributed by atoms with Crippen LogP contribution >= 0.6 is 0 Å². The van der Waals surface area contributed by atoms with Gasteiger partial charge in [-0.25, -0.2) is 8.42 Å². The lowest BCUT2D eigenvalue weighted by molar-refractivity contribution is -0.123. The van der Waals surface area contributed by atoms with Crippen LogP contribution in [0.5, 0.6) is 17.2 Å². The average molecular weight is 487 g/mol. The van der Waals surface area contributed by atoms with Crippen LogP contribution in [-0.4, -0.2) is 41.7 Å². The van der Waals surface area contributed by atoms with Gasteiger partial charge in [0, 0.05) is 18.2 Å². The number of ether oxygens (including phenoxy) is 3. The van der Waals surface area contributed by atoms with Gasteiger partial charge in [-0.3, -0.25) is 4.79 Å². The van der Waals surface area contributed by atoms with Crippen LogP contribution in [0.3, 0.4) is 0 Å². The highest BCUT2D eigenvalue weighted by molar-refractivity contribution is 7.89. The molecule has 0 saturated heterocycles. The summed E-state index contributed by atoms with van der Waals surface area (Å²) >= 11 is 0. The van der Waals surface area contributed by atoms with E-state index in [4.69, 9.17) is 14.2 Å². The lowest BCUT2D eigenvalue weighted by atomic mass is 10.0. The third-order valence-corrected chi connectivity index (χ3v) is 6.94. The molecule has 3 rings (SSSR count). The molecule has 3 aromatic carbocycles. The Morgan fingerprint density at radius 2 is 1.47 bits per heavy atom. The van der Waals surface area contributed by atoms with Crippen molar-refractivity contribution < 1.29 is 27.4 Å². The number of fused-ring (bicyclic) bond motifs is 1. The molecule has 2 N–H and O–H groups in total. The Balaban J connectivity index is 1.79. The molecule has 9 heteroatoms. The Kier molecular flexibility index (Phi) is 8.01. The maximum Gasteiger partial charge on any atom is 0.241 e. The Labute approximate surface area is 200 Å². The number of carbonyl (C=O) groups excluding carboxylic acids is 1. The fourth-order valence-electron chi connectivity index (χ4n) is 3.59. The molecule has 1 amide bonds. The van der Waals surface area contributed by atoms with Crippen LogP contribution in [0.15, 0.2) is 59.5 Å². The number of benzene rings is 3. The summed E-state index contributed by atoms with van der Waals surface area (Å²) in [5, 5.41) is 4.54. The highest BCUT2D eigenvalue weighted by Gasteiger charge is 2.28. The number of hydrogen-bond acceptors (Lipinski definition) is 6. The largest absolute Gasteiger partial charge is 0.496 e. The second kappa shape index (κ2) is 10.8. The van der Waals surface area contributed by atoms with E-state index in [1.165, 1.54) is 27.4 Å². The van der Waals surface area contributed by atoms with Crippen molar-refractivity contribution in [3.63, 3.8) is 0 Å². The molecule has 0 bridgehead atoms. The molecule has 0 aliphatic heterocycles. The molecule has 0 fully saturated rings. The van der Waals surface area contributed by atoms with Gasteiger partial charge in [0.05, 0.1) is 26.2 Å². The monoisotopic (exact) mass is 486 g/mol. The summed E-state index contributed by atoms with van der Waals surface area (Å²) in [7, 11) is 0.625. The van der Waals surface area contributed by atoms with Gasteiger partial charge in [-0.1, -0.05) is 44.2 Å². The molecule has 182 valence electrons. The summed E-state index contributed by atoms with van der Waals surface area (Å²) in [6.07, 6.45) is 0. The number of carbonyl (C=O) groups is 1. The fourth-order valence-corrected chi connectivity index (χ4v) is 4.96. The maximum absolute atomic E-state index is 13.1. The highest BCUT2D eigenvalue weighted by Crippen LogP contribution is 2.34. The first kappa shape index (κ1) is 25.3. The van der Waals surface area contributed by atoms with E-state index in [1.54, 1.807) is 38.1 Å². The Bertz CT molecular complexity index is 1270. The van der Waals surface area contributed by atoms with Gasteiger partial charge in [-0.2, -0.15) is 4.72 Å². The van der Waals surface area contributed by atoms with Crippen LogP contribution in [0.2, 0.25) is 0 Å². The number of hydrogen-bond donors (Lipinski definition) is 2. The summed E-state index contributed by atoms with van der Waals surface area (Å²) in [5.41, 5.74) is 0.661. The van der Waals surface area contributed by atoms with Crippen molar-refractivity contribution in [1.82, 2.24) is 10.0 Å². The molecule has 0 aliphatic carbocycles. The van der Waals surface area contributed by atoms with Crippen molar-refractivity contribution in [2.75, 3.05) is 21.3 Å². The van der Waals surface area contributed by atoms with Crippen LogP contribution in [0.4, 0.5) is 0 Å². The molecule has 0 heterocycles. The molecular weight excluding hydrogens is 456 g/mol. The standard InChI is InChI=1S/C25H30N2O6S/c1-16(2)24(27-34(29,30)20-11-10-17-8-6-7-9-18(17)12-20)25(28)26-15-19-13-22(32-4)23(33-5)14-21(19)31-3/h6-14,16,24,27H,15H2,1-5H3,(H,26,28). The van der Waals surface area contributed by atoms with Crippen LogP contribution in [-0.2, 0) is 21.4 Å². The summed E-state index contributed by atoms with van der Waals surface area (Å²) in [5.74, 6) is 0.761. The molecule has 0 spiro atoms. The number of amides is 1. The predicted molar refractivity (Wildman–Crippen MR) is 131 cm³/mol. The minimum absolute atomic E-state index is 0.103.